The first-order valence-electron chi connectivity index (χ1n) is 13.7. The molecule has 0 bridgehead atoms. The van der Waals surface area contributed by atoms with Crippen LogP contribution in [0.2, 0.25) is 0 Å². The van der Waals surface area contributed by atoms with Crippen LogP contribution in [0.15, 0.2) is 23.3 Å². The zero-order chi connectivity index (χ0) is 24.6. The van der Waals surface area contributed by atoms with Gasteiger partial charge < -0.3 is 15.3 Å². The van der Waals surface area contributed by atoms with Crippen molar-refractivity contribution in [2.45, 2.75) is 118 Å². The van der Waals surface area contributed by atoms with Gasteiger partial charge in [0.25, 0.3) is 0 Å². The van der Waals surface area contributed by atoms with E-state index in [-0.39, 0.29) is 28.3 Å². The fraction of sp³-hybridized carbons (Fsp3) is 0.867. The van der Waals surface area contributed by atoms with Gasteiger partial charge >= 0.3 is 0 Å². The summed E-state index contributed by atoms with van der Waals surface area (Å²) in [4.78, 5) is 0. The zero-order valence-electron chi connectivity index (χ0n) is 22.5. The molecule has 0 spiro atoms. The maximum atomic E-state index is 12.4. The number of fused-ring (bicyclic) bond motifs is 4. The molecule has 0 heterocycles. The van der Waals surface area contributed by atoms with E-state index >= 15 is 0 Å². The molecule has 0 aromatic carbocycles. The van der Waals surface area contributed by atoms with Gasteiger partial charge in [-0.3, -0.25) is 0 Å². The molecule has 4 aliphatic rings. The van der Waals surface area contributed by atoms with Gasteiger partial charge in [0.15, 0.2) is 0 Å². The predicted molar refractivity (Wildman–Crippen MR) is 136 cm³/mol. The molecule has 188 valence electrons. The van der Waals surface area contributed by atoms with Crippen molar-refractivity contribution in [3.63, 3.8) is 0 Å². The smallest absolute Gasteiger partial charge is 0.117 e. The van der Waals surface area contributed by atoms with Crippen molar-refractivity contribution in [2.75, 3.05) is 0 Å². The predicted octanol–water partition coefficient (Wildman–Crippen LogP) is 6.28. The average Bonchev–Trinajstić information content (AvgIpc) is 2.96. The molecule has 1 unspecified atom stereocenters. The van der Waals surface area contributed by atoms with Crippen molar-refractivity contribution in [3.05, 3.63) is 23.3 Å². The standard InChI is InChI=1S/C30H50O3/c1-18(2)19(3)9-10-20(4)23-17-26(32)30(33)22-11-12-24-27(5,6)25(31)14-15-28(24,7)21(22)13-16-29(23,30)8/h9-10,18-20,23-26,31-33H,11-17H2,1-8H3/b10-9+/t19-,20+,23+,24?,25-,26-,28+,29+,30-/m0/s1. The van der Waals surface area contributed by atoms with E-state index in [0.29, 0.717) is 30.1 Å². The molecule has 0 aromatic rings. The van der Waals surface area contributed by atoms with Crippen LogP contribution in [0.1, 0.15) is 100 Å². The van der Waals surface area contributed by atoms with Crippen LogP contribution in [0.3, 0.4) is 0 Å². The molecule has 2 saturated carbocycles. The number of hydrogen-bond acceptors (Lipinski definition) is 3. The van der Waals surface area contributed by atoms with Crippen molar-refractivity contribution >= 4 is 0 Å². The molecule has 0 amide bonds. The number of aliphatic hydroxyl groups is 3. The number of allylic oxidation sites excluding steroid dienone is 3. The summed E-state index contributed by atoms with van der Waals surface area (Å²) in [7, 11) is 0. The third kappa shape index (κ3) is 3.46. The Kier molecular flexibility index (Phi) is 6.33. The van der Waals surface area contributed by atoms with Crippen LogP contribution in [0.4, 0.5) is 0 Å². The molecular formula is C30H50O3. The maximum Gasteiger partial charge on any atom is 0.117 e. The van der Waals surface area contributed by atoms with Gasteiger partial charge in [0.2, 0.25) is 0 Å². The summed E-state index contributed by atoms with van der Waals surface area (Å²) in [5, 5.41) is 34.7. The van der Waals surface area contributed by atoms with Crippen LogP contribution in [-0.2, 0) is 0 Å². The lowest BCUT2D eigenvalue weighted by Crippen LogP contribution is -2.60. The summed E-state index contributed by atoms with van der Waals surface area (Å²) in [6, 6.07) is 0. The molecular weight excluding hydrogens is 408 g/mol. The Morgan fingerprint density at radius 2 is 1.52 bits per heavy atom. The van der Waals surface area contributed by atoms with E-state index in [1.54, 1.807) is 0 Å². The average molecular weight is 459 g/mol. The van der Waals surface area contributed by atoms with E-state index in [4.69, 9.17) is 0 Å². The molecule has 0 radical (unpaired) electrons. The van der Waals surface area contributed by atoms with E-state index in [0.717, 1.165) is 38.5 Å². The lowest BCUT2D eigenvalue weighted by Gasteiger charge is -2.61. The second kappa shape index (κ2) is 8.20. The molecule has 0 aromatic heterocycles. The van der Waals surface area contributed by atoms with Gasteiger partial charge in [0.1, 0.15) is 5.60 Å². The summed E-state index contributed by atoms with van der Waals surface area (Å²) >= 11 is 0. The van der Waals surface area contributed by atoms with Gasteiger partial charge in [-0.1, -0.05) is 73.1 Å². The Labute approximate surface area is 202 Å². The Bertz CT molecular complexity index is 824. The molecule has 4 aliphatic carbocycles. The van der Waals surface area contributed by atoms with Gasteiger partial charge in [-0.2, -0.15) is 0 Å². The first-order chi connectivity index (χ1) is 15.2. The fourth-order valence-electron chi connectivity index (χ4n) is 8.87. The Balaban J connectivity index is 1.71. The van der Waals surface area contributed by atoms with Crippen LogP contribution in [0.5, 0.6) is 0 Å². The minimum atomic E-state index is -1.12. The van der Waals surface area contributed by atoms with E-state index in [9.17, 15) is 15.3 Å². The molecule has 33 heavy (non-hydrogen) atoms. The summed E-state index contributed by atoms with van der Waals surface area (Å²) in [5.74, 6) is 2.18. The summed E-state index contributed by atoms with van der Waals surface area (Å²) < 4.78 is 0. The van der Waals surface area contributed by atoms with Crippen molar-refractivity contribution < 1.29 is 15.3 Å². The Morgan fingerprint density at radius 1 is 0.848 bits per heavy atom. The Morgan fingerprint density at radius 3 is 2.15 bits per heavy atom. The molecule has 3 heteroatoms. The third-order valence-corrected chi connectivity index (χ3v) is 11.6. The normalized spacial score (nSPS) is 46.8. The van der Waals surface area contributed by atoms with Crippen LogP contribution < -0.4 is 0 Å². The quantitative estimate of drug-likeness (QED) is 0.435. The number of hydrogen-bond donors (Lipinski definition) is 3. The molecule has 2 fully saturated rings. The van der Waals surface area contributed by atoms with Crippen LogP contribution in [0, 0.1) is 45.8 Å². The third-order valence-electron chi connectivity index (χ3n) is 11.6. The van der Waals surface area contributed by atoms with Gasteiger partial charge in [-0.15, -0.1) is 0 Å². The van der Waals surface area contributed by atoms with E-state index < -0.39 is 11.7 Å². The Hall–Kier alpha value is -0.640. The van der Waals surface area contributed by atoms with E-state index in [2.05, 4.69) is 67.5 Å². The second-order valence-electron chi connectivity index (χ2n) is 13.7. The lowest BCUT2D eigenvalue weighted by atomic mass is 9.45. The topological polar surface area (TPSA) is 60.7 Å². The van der Waals surface area contributed by atoms with Crippen LogP contribution in [-0.4, -0.2) is 33.1 Å². The first kappa shape index (κ1) is 25.5. The SMILES string of the molecule is CC(C)[C@@H](C)/C=C/[C@@H](C)[C@H]1C[C@H](O)[C@@]2(O)C3=C(CC[C@]12C)[C@@]1(C)CC[C@H](O)C(C)(C)C1CC3. The second-order valence-corrected chi connectivity index (χ2v) is 13.7. The van der Waals surface area contributed by atoms with Crippen molar-refractivity contribution in [1.29, 1.82) is 0 Å². The van der Waals surface area contributed by atoms with Crippen molar-refractivity contribution in [1.82, 2.24) is 0 Å². The minimum Gasteiger partial charge on any atom is -0.393 e. The highest BCUT2D eigenvalue weighted by Gasteiger charge is 2.68. The molecule has 0 aliphatic heterocycles. The summed E-state index contributed by atoms with van der Waals surface area (Å²) in [6.45, 7) is 18.2. The van der Waals surface area contributed by atoms with Gasteiger partial charge in [0, 0.05) is 5.41 Å². The number of rotatable bonds is 4. The largest absolute Gasteiger partial charge is 0.393 e. The van der Waals surface area contributed by atoms with Gasteiger partial charge in [0.05, 0.1) is 12.2 Å². The zero-order valence-corrected chi connectivity index (χ0v) is 22.5. The first-order valence-corrected chi connectivity index (χ1v) is 13.7. The van der Waals surface area contributed by atoms with E-state index in [1.807, 2.05) is 0 Å². The highest BCUT2D eigenvalue weighted by molar-refractivity contribution is 5.42. The lowest BCUT2D eigenvalue weighted by molar-refractivity contribution is -0.131. The summed E-state index contributed by atoms with van der Waals surface area (Å²) in [6.07, 6.45) is 10.1. The highest BCUT2D eigenvalue weighted by atomic mass is 16.3. The molecule has 3 nitrogen and oxygen atoms in total. The van der Waals surface area contributed by atoms with Crippen molar-refractivity contribution in [2.24, 2.45) is 45.8 Å². The minimum absolute atomic E-state index is 0.0173. The maximum absolute atomic E-state index is 12.4. The molecule has 3 N–H and O–H groups in total. The van der Waals surface area contributed by atoms with Crippen molar-refractivity contribution in [3.8, 4) is 0 Å². The van der Waals surface area contributed by atoms with Gasteiger partial charge in [-0.25, -0.2) is 0 Å². The molecule has 0 saturated heterocycles. The monoisotopic (exact) mass is 458 g/mol. The highest BCUT2D eigenvalue weighted by Crippen LogP contribution is 2.69. The molecule has 9 atom stereocenters. The van der Waals surface area contributed by atoms with Gasteiger partial charge in [-0.05, 0) is 90.9 Å². The van der Waals surface area contributed by atoms with E-state index in [1.165, 1.54) is 11.1 Å². The van der Waals surface area contributed by atoms with Crippen LogP contribution >= 0.6 is 0 Å². The fourth-order valence-corrected chi connectivity index (χ4v) is 8.87. The van der Waals surface area contributed by atoms with Crippen LogP contribution in [0.25, 0.3) is 0 Å². The number of aliphatic hydroxyl groups excluding tert-OH is 2. The molecule has 4 rings (SSSR count). The summed E-state index contributed by atoms with van der Waals surface area (Å²) in [5.41, 5.74) is 1.08.